The summed E-state index contributed by atoms with van der Waals surface area (Å²) in [6.45, 7) is 7.98. The van der Waals surface area contributed by atoms with Crippen LogP contribution in [0.1, 0.15) is 32.8 Å². The highest BCUT2D eigenvalue weighted by Gasteiger charge is 2.08. The van der Waals surface area contributed by atoms with Crippen molar-refractivity contribution in [3.05, 3.63) is 26.6 Å². The molecule has 1 rings (SSSR count). The summed E-state index contributed by atoms with van der Waals surface area (Å²) in [6, 6.07) is 4.69. The molecule has 0 amide bonds. The van der Waals surface area contributed by atoms with E-state index in [4.69, 9.17) is 4.74 Å². The van der Waals surface area contributed by atoms with Gasteiger partial charge in [0.1, 0.15) is 5.75 Å². The molecule has 0 aliphatic rings. The number of ether oxygens (including phenoxy) is 1. The summed E-state index contributed by atoms with van der Waals surface area (Å²) < 4.78 is 7.68. The number of hydrogen-bond acceptors (Lipinski definition) is 2. The number of halogens is 2. The molecule has 0 aliphatic carbocycles. The highest BCUT2D eigenvalue weighted by Crippen LogP contribution is 2.34. The molecule has 0 fully saturated rings. The van der Waals surface area contributed by atoms with E-state index in [0.717, 1.165) is 34.3 Å². The molecule has 0 radical (unpaired) electrons. The number of hydrogen-bond donors (Lipinski definition) is 1. The van der Waals surface area contributed by atoms with Crippen LogP contribution in [0.2, 0.25) is 0 Å². The fourth-order valence-corrected chi connectivity index (χ4v) is 2.89. The lowest BCUT2D eigenvalue weighted by molar-refractivity contribution is 0.313. The quantitative estimate of drug-likeness (QED) is 0.802. The minimum atomic E-state index is 0.489. The van der Waals surface area contributed by atoms with Gasteiger partial charge in [0.25, 0.3) is 0 Å². The van der Waals surface area contributed by atoms with Crippen LogP contribution in [0, 0.1) is 0 Å². The van der Waals surface area contributed by atoms with Crippen molar-refractivity contribution >= 4 is 31.9 Å². The first-order valence-electron chi connectivity index (χ1n) is 5.88. The predicted molar refractivity (Wildman–Crippen MR) is 79.6 cm³/mol. The lowest BCUT2D eigenvalue weighted by Crippen LogP contribution is -2.21. The molecule has 2 nitrogen and oxygen atoms in total. The van der Waals surface area contributed by atoms with Gasteiger partial charge < -0.3 is 10.1 Å². The van der Waals surface area contributed by atoms with Crippen molar-refractivity contribution in [1.29, 1.82) is 0 Å². The molecule has 1 aromatic carbocycles. The van der Waals surface area contributed by atoms with Crippen LogP contribution in [0.15, 0.2) is 21.1 Å². The third kappa shape index (κ3) is 4.98. The maximum atomic E-state index is 5.68. The van der Waals surface area contributed by atoms with Gasteiger partial charge in [-0.05, 0) is 56.0 Å². The third-order valence-electron chi connectivity index (χ3n) is 2.22. The van der Waals surface area contributed by atoms with Crippen molar-refractivity contribution in [2.45, 2.75) is 39.8 Å². The second-order valence-electron chi connectivity index (χ2n) is 4.27. The Balaban J connectivity index is 2.78. The number of benzene rings is 1. The molecular weight excluding hydrogens is 346 g/mol. The van der Waals surface area contributed by atoms with Crippen LogP contribution in [-0.4, -0.2) is 12.6 Å². The standard InChI is InChI=1S/C13H19Br2NO/c1-4-5-17-13-11(14)6-10(7-12(13)15)8-16-9(2)3/h6-7,9,16H,4-5,8H2,1-3H3. The molecule has 1 aromatic rings. The first kappa shape index (κ1) is 15.0. The van der Waals surface area contributed by atoms with Gasteiger partial charge in [-0.2, -0.15) is 0 Å². The molecule has 0 atom stereocenters. The Kier molecular flexibility index (Phi) is 6.52. The molecule has 17 heavy (non-hydrogen) atoms. The van der Waals surface area contributed by atoms with Crippen LogP contribution in [0.3, 0.4) is 0 Å². The van der Waals surface area contributed by atoms with Crippen LogP contribution in [0.25, 0.3) is 0 Å². The second kappa shape index (κ2) is 7.39. The van der Waals surface area contributed by atoms with Crippen molar-refractivity contribution in [3.63, 3.8) is 0 Å². The smallest absolute Gasteiger partial charge is 0.147 e. The van der Waals surface area contributed by atoms with Crippen molar-refractivity contribution in [1.82, 2.24) is 5.32 Å². The van der Waals surface area contributed by atoms with E-state index in [0.29, 0.717) is 6.04 Å². The summed E-state index contributed by atoms with van der Waals surface area (Å²) in [7, 11) is 0. The lowest BCUT2D eigenvalue weighted by atomic mass is 10.2. The van der Waals surface area contributed by atoms with E-state index in [1.807, 2.05) is 0 Å². The van der Waals surface area contributed by atoms with E-state index in [1.165, 1.54) is 5.56 Å². The summed E-state index contributed by atoms with van der Waals surface area (Å²) in [6.07, 6.45) is 1.01. The highest BCUT2D eigenvalue weighted by molar-refractivity contribution is 9.11. The molecule has 0 bridgehead atoms. The van der Waals surface area contributed by atoms with Crippen LogP contribution in [0.5, 0.6) is 5.75 Å². The predicted octanol–water partition coefficient (Wildman–Crippen LogP) is 4.50. The lowest BCUT2D eigenvalue weighted by Gasteiger charge is -2.13. The van der Waals surface area contributed by atoms with Crippen LogP contribution in [0.4, 0.5) is 0 Å². The van der Waals surface area contributed by atoms with Crippen molar-refractivity contribution in [2.24, 2.45) is 0 Å². The van der Waals surface area contributed by atoms with Gasteiger partial charge in [-0.1, -0.05) is 20.8 Å². The van der Waals surface area contributed by atoms with E-state index in [9.17, 15) is 0 Å². The SMILES string of the molecule is CCCOc1c(Br)cc(CNC(C)C)cc1Br. The van der Waals surface area contributed by atoms with E-state index in [2.05, 4.69) is 70.1 Å². The molecular formula is C13H19Br2NO. The maximum Gasteiger partial charge on any atom is 0.147 e. The molecule has 1 N–H and O–H groups in total. The topological polar surface area (TPSA) is 21.3 Å². The fraction of sp³-hybridized carbons (Fsp3) is 0.538. The average molecular weight is 365 g/mol. The molecule has 0 saturated heterocycles. The van der Waals surface area contributed by atoms with Gasteiger partial charge in [0.15, 0.2) is 0 Å². The molecule has 0 aliphatic heterocycles. The van der Waals surface area contributed by atoms with Gasteiger partial charge in [0.2, 0.25) is 0 Å². The summed E-state index contributed by atoms with van der Waals surface area (Å²) in [4.78, 5) is 0. The van der Waals surface area contributed by atoms with Crippen LogP contribution >= 0.6 is 31.9 Å². The Hall–Kier alpha value is -0.0600. The van der Waals surface area contributed by atoms with Crippen molar-refractivity contribution in [3.8, 4) is 5.75 Å². The molecule has 96 valence electrons. The van der Waals surface area contributed by atoms with Gasteiger partial charge in [-0.3, -0.25) is 0 Å². The summed E-state index contributed by atoms with van der Waals surface area (Å²) >= 11 is 7.10. The van der Waals surface area contributed by atoms with E-state index in [-0.39, 0.29) is 0 Å². The molecule has 0 aromatic heterocycles. The van der Waals surface area contributed by atoms with Gasteiger partial charge in [0, 0.05) is 12.6 Å². The zero-order chi connectivity index (χ0) is 12.8. The van der Waals surface area contributed by atoms with Gasteiger partial charge >= 0.3 is 0 Å². The number of rotatable bonds is 6. The Morgan fingerprint density at radius 2 is 1.82 bits per heavy atom. The normalized spacial score (nSPS) is 10.9. The fourth-order valence-electron chi connectivity index (χ4n) is 1.38. The Bertz CT molecular complexity index is 343. The Labute approximate surface area is 120 Å². The molecule has 0 saturated carbocycles. The first-order chi connectivity index (χ1) is 8.04. The molecule has 0 spiro atoms. The summed E-state index contributed by atoms with van der Waals surface area (Å²) in [5.41, 5.74) is 1.24. The van der Waals surface area contributed by atoms with Crippen LogP contribution in [-0.2, 0) is 6.54 Å². The Morgan fingerprint density at radius 3 is 2.29 bits per heavy atom. The summed E-state index contributed by atoms with van der Waals surface area (Å²) in [5.74, 6) is 0.889. The molecule has 0 unspecified atom stereocenters. The van der Waals surface area contributed by atoms with E-state index in [1.54, 1.807) is 0 Å². The molecule has 0 heterocycles. The Morgan fingerprint density at radius 1 is 1.24 bits per heavy atom. The highest BCUT2D eigenvalue weighted by atomic mass is 79.9. The van der Waals surface area contributed by atoms with Crippen molar-refractivity contribution < 1.29 is 4.74 Å². The minimum Gasteiger partial charge on any atom is -0.491 e. The monoisotopic (exact) mass is 363 g/mol. The van der Waals surface area contributed by atoms with Crippen molar-refractivity contribution in [2.75, 3.05) is 6.61 Å². The average Bonchev–Trinajstić information content (AvgIpc) is 2.25. The second-order valence-corrected chi connectivity index (χ2v) is 5.98. The zero-order valence-corrected chi connectivity index (χ0v) is 13.7. The largest absolute Gasteiger partial charge is 0.491 e. The summed E-state index contributed by atoms with van der Waals surface area (Å²) in [5, 5.41) is 3.40. The third-order valence-corrected chi connectivity index (χ3v) is 3.40. The van der Waals surface area contributed by atoms with Gasteiger partial charge in [-0.25, -0.2) is 0 Å². The van der Waals surface area contributed by atoms with Crippen LogP contribution < -0.4 is 10.1 Å². The van der Waals surface area contributed by atoms with E-state index < -0.39 is 0 Å². The zero-order valence-electron chi connectivity index (χ0n) is 10.5. The van der Waals surface area contributed by atoms with Gasteiger partial charge in [-0.15, -0.1) is 0 Å². The number of nitrogens with one attached hydrogen (secondary N) is 1. The first-order valence-corrected chi connectivity index (χ1v) is 7.47. The van der Waals surface area contributed by atoms with E-state index >= 15 is 0 Å². The molecule has 4 heteroatoms. The minimum absolute atomic E-state index is 0.489. The maximum absolute atomic E-state index is 5.68. The van der Waals surface area contributed by atoms with Gasteiger partial charge in [0.05, 0.1) is 15.6 Å².